The van der Waals surface area contributed by atoms with Gasteiger partial charge < -0.3 is 5.21 Å². The molecule has 0 aromatic heterocycles. The second kappa shape index (κ2) is 4.03. The van der Waals surface area contributed by atoms with Crippen molar-refractivity contribution in [2.75, 3.05) is 0 Å². The van der Waals surface area contributed by atoms with Crippen molar-refractivity contribution < 1.29 is 5.21 Å². The SMILES string of the molecule is C/C(=N\O)c1cc(Br)cc2ccccc12. The van der Waals surface area contributed by atoms with Gasteiger partial charge in [0, 0.05) is 10.0 Å². The van der Waals surface area contributed by atoms with Crippen LogP contribution in [-0.2, 0) is 0 Å². The standard InChI is InChI=1S/C12H10BrNO/c1-8(14-15)12-7-10(13)6-9-4-2-3-5-11(9)12/h2-7,15H,1H3/b14-8+. The van der Waals surface area contributed by atoms with Gasteiger partial charge in [0.2, 0.25) is 0 Å². The third-order valence-electron chi connectivity index (χ3n) is 2.37. The molecule has 0 spiro atoms. The van der Waals surface area contributed by atoms with Gasteiger partial charge in [-0.3, -0.25) is 0 Å². The molecule has 76 valence electrons. The summed E-state index contributed by atoms with van der Waals surface area (Å²) in [5.74, 6) is 0. The molecule has 0 radical (unpaired) electrons. The van der Waals surface area contributed by atoms with Crippen molar-refractivity contribution in [3.8, 4) is 0 Å². The maximum atomic E-state index is 8.81. The summed E-state index contributed by atoms with van der Waals surface area (Å²) in [4.78, 5) is 0. The number of nitrogens with zero attached hydrogens (tertiary/aromatic N) is 1. The van der Waals surface area contributed by atoms with Crippen LogP contribution in [0.25, 0.3) is 10.8 Å². The fraction of sp³-hybridized carbons (Fsp3) is 0.0833. The van der Waals surface area contributed by atoms with E-state index in [9.17, 15) is 0 Å². The molecular weight excluding hydrogens is 254 g/mol. The molecule has 0 amide bonds. The van der Waals surface area contributed by atoms with Gasteiger partial charge >= 0.3 is 0 Å². The highest BCUT2D eigenvalue weighted by atomic mass is 79.9. The Morgan fingerprint density at radius 3 is 2.73 bits per heavy atom. The summed E-state index contributed by atoms with van der Waals surface area (Å²) in [7, 11) is 0. The molecule has 0 saturated carbocycles. The Labute approximate surface area is 96.4 Å². The number of hydrogen-bond donors (Lipinski definition) is 1. The van der Waals surface area contributed by atoms with E-state index < -0.39 is 0 Å². The first-order valence-corrected chi connectivity index (χ1v) is 5.39. The first-order valence-electron chi connectivity index (χ1n) is 4.59. The molecule has 0 aliphatic carbocycles. The molecule has 0 saturated heterocycles. The highest BCUT2D eigenvalue weighted by Gasteiger charge is 2.05. The Kier molecular flexibility index (Phi) is 2.73. The molecule has 0 unspecified atom stereocenters. The van der Waals surface area contributed by atoms with Crippen LogP contribution in [-0.4, -0.2) is 10.9 Å². The molecule has 1 N–H and O–H groups in total. The van der Waals surface area contributed by atoms with Crippen LogP contribution in [0.4, 0.5) is 0 Å². The number of oxime groups is 1. The molecule has 0 aliphatic heterocycles. The van der Waals surface area contributed by atoms with E-state index in [4.69, 9.17) is 5.21 Å². The van der Waals surface area contributed by atoms with Crippen molar-refractivity contribution in [1.82, 2.24) is 0 Å². The van der Waals surface area contributed by atoms with Crippen LogP contribution < -0.4 is 0 Å². The first kappa shape index (κ1) is 10.2. The van der Waals surface area contributed by atoms with Crippen LogP contribution in [0.3, 0.4) is 0 Å². The fourth-order valence-electron chi connectivity index (χ4n) is 1.63. The van der Waals surface area contributed by atoms with Crippen molar-refractivity contribution in [3.63, 3.8) is 0 Å². The predicted octanol–water partition coefficient (Wildman–Crippen LogP) is 3.80. The minimum atomic E-state index is 0.618. The smallest absolute Gasteiger partial charge is 0.0843 e. The lowest BCUT2D eigenvalue weighted by atomic mass is 10.0. The Balaban J connectivity index is 2.82. The predicted molar refractivity (Wildman–Crippen MR) is 65.6 cm³/mol. The first-order chi connectivity index (χ1) is 7.22. The van der Waals surface area contributed by atoms with Crippen LogP contribution in [0, 0.1) is 0 Å². The van der Waals surface area contributed by atoms with E-state index in [-0.39, 0.29) is 0 Å². The van der Waals surface area contributed by atoms with Gasteiger partial charge in [0.15, 0.2) is 0 Å². The fourth-order valence-corrected chi connectivity index (χ4v) is 2.10. The van der Waals surface area contributed by atoms with Gasteiger partial charge in [-0.25, -0.2) is 0 Å². The quantitative estimate of drug-likeness (QED) is 0.474. The summed E-state index contributed by atoms with van der Waals surface area (Å²) in [6.07, 6.45) is 0. The average molecular weight is 264 g/mol. The van der Waals surface area contributed by atoms with Crippen molar-refractivity contribution in [3.05, 3.63) is 46.4 Å². The molecule has 0 heterocycles. The number of benzene rings is 2. The number of halogens is 1. The molecule has 2 rings (SSSR count). The largest absolute Gasteiger partial charge is 0.411 e. The molecule has 3 heteroatoms. The number of fused-ring (bicyclic) bond motifs is 1. The van der Waals surface area contributed by atoms with Gasteiger partial charge in [-0.1, -0.05) is 45.4 Å². The van der Waals surface area contributed by atoms with E-state index in [0.29, 0.717) is 5.71 Å². The zero-order valence-corrected chi connectivity index (χ0v) is 9.82. The van der Waals surface area contributed by atoms with Gasteiger partial charge in [-0.05, 0) is 29.8 Å². The van der Waals surface area contributed by atoms with Gasteiger partial charge in [0.1, 0.15) is 0 Å². The second-order valence-corrected chi connectivity index (χ2v) is 4.28. The Morgan fingerprint density at radius 2 is 2.00 bits per heavy atom. The topological polar surface area (TPSA) is 32.6 Å². The van der Waals surface area contributed by atoms with Crippen LogP contribution in [0.15, 0.2) is 46.0 Å². The number of rotatable bonds is 1. The molecule has 0 aliphatic rings. The zero-order valence-electron chi connectivity index (χ0n) is 8.24. The van der Waals surface area contributed by atoms with E-state index in [0.717, 1.165) is 20.8 Å². The third-order valence-corrected chi connectivity index (χ3v) is 2.82. The molecular formula is C12H10BrNO. The summed E-state index contributed by atoms with van der Waals surface area (Å²) in [5.41, 5.74) is 1.56. The van der Waals surface area contributed by atoms with Crippen molar-refractivity contribution >= 4 is 32.4 Å². The lowest BCUT2D eigenvalue weighted by Crippen LogP contribution is -1.95. The van der Waals surface area contributed by atoms with Crippen molar-refractivity contribution in [2.24, 2.45) is 5.16 Å². The van der Waals surface area contributed by atoms with Crippen LogP contribution in [0.2, 0.25) is 0 Å². The van der Waals surface area contributed by atoms with Gasteiger partial charge in [-0.15, -0.1) is 0 Å². The van der Waals surface area contributed by atoms with E-state index in [1.54, 1.807) is 6.92 Å². The Hall–Kier alpha value is -1.35. The molecule has 2 aromatic carbocycles. The third kappa shape index (κ3) is 1.88. The minimum Gasteiger partial charge on any atom is -0.411 e. The highest BCUT2D eigenvalue weighted by molar-refractivity contribution is 9.10. The minimum absolute atomic E-state index is 0.618. The summed E-state index contributed by atoms with van der Waals surface area (Å²) in [5, 5.41) is 14.3. The van der Waals surface area contributed by atoms with Crippen molar-refractivity contribution in [1.29, 1.82) is 0 Å². The molecule has 0 atom stereocenters. The average Bonchev–Trinajstić information content (AvgIpc) is 2.26. The number of hydrogen-bond acceptors (Lipinski definition) is 2. The van der Waals surface area contributed by atoms with Crippen LogP contribution >= 0.6 is 15.9 Å². The molecule has 0 bridgehead atoms. The lowest BCUT2D eigenvalue weighted by Gasteiger charge is -2.06. The molecule has 2 aromatic rings. The maximum Gasteiger partial charge on any atom is 0.0843 e. The molecule has 2 nitrogen and oxygen atoms in total. The van der Waals surface area contributed by atoms with Crippen LogP contribution in [0.5, 0.6) is 0 Å². The van der Waals surface area contributed by atoms with E-state index >= 15 is 0 Å². The summed E-state index contributed by atoms with van der Waals surface area (Å²) in [6, 6.07) is 12.0. The van der Waals surface area contributed by atoms with Gasteiger partial charge in [0.05, 0.1) is 5.71 Å². The van der Waals surface area contributed by atoms with Gasteiger partial charge in [-0.2, -0.15) is 0 Å². The highest BCUT2D eigenvalue weighted by Crippen LogP contribution is 2.24. The lowest BCUT2D eigenvalue weighted by molar-refractivity contribution is 0.319. The Bertz CT molecular complexity index is 534. The summed E-state index contributed by atoms with van der Waals surface area (Å²) in [6.45, 7) is 1.79. The summed E-state index contributed by atoms with van der Waals surface area (Å²) >= 11 is 3.44. The van der Waals surface area contributed by atoms with Gasteiger partial charge in [0.25, 0.3) is 0 Å². The maximum absolute atomic E-state index is 8.81. The van der Waals surface area contributed by atoms with E-state index in [1.165, 1.54) is 0 Å². The van der Waals surface area contributed by atoms with E-state index in [2.05, 4.69) is 21.1 Å². The monoisotopic (exact) mass is 263 g/mol. The second-order valence-electron chi connectivity index (χ2n) is 3.36. The van der Waals surface area contributed by atoms with E-state index in [1.807, 2.05) is 36.4 Å². The Morgan fingerprint density at radius 1 is 1.27 bits per heavy atom. The molecule has 15 heavy (non-hydrogen) atoms. The molecule has 0 fully saturated rings. The summed E-state index contributed by atoms with van der Waals surface area (Å²) < 4.78 is 0.985. The normalized spacial score (nSPS) is 12.0. The zero-order chi connectivity index (χ0) is 10.8. The van der Waals surface area contributed by atoms with Crippen molar-refractivity contribution in [2.45, 2.75) is 6.92 Å². The van der Waals surface area contributed by atoms with Crippen LogP contribution in [0.1, 0.15) is 12.5 Å².